The Morgan fingerprint density at radius 3 is 2.65 bits per heavy atom. The summed E-state index contributed by atoms with van der Waals surface area (Å²) < 4.78 is 0.751. The number of fused-ring (bicyclic) bond motifs is 1. The number of aromatic nitrogens is 1. The Bertz CT molecular complexity index is 918. The lowest BCUT2D eigenvalue weighted by Crippen LogP contribution is -2.27. The molecule has 1 aromatic heterocycles. The second-order valence-corrected chi connectivity index (χ2v) is 6.05. The Morgan fingerprint density at radius 1 is 1.09 bits per heavy atom. The van der Waals surface area contributed by atoms with Crippen molar-refractivity contribution in [2.75, 3.05) is 6.54 Å². The van der Waals surface area contributed by atoms with E-state index in [2.05, 4.69) is 26.2 Å². The molecule has 0 fully saturated rings. The highest BCUT2D eigenvalue weighted by Crippen LogP contribution is 2.15. The Labute approximate surface area is 141 Å². The van der Waals surface area contributed by atoms with Crippen molar-refractivity contribution in [1.29, 1.82) is 0 Å². The van der Waals surface area contributed by atoms with Gasteiger partial charge in [-0.05, 0) is 52.0 Å². The van der Waals surface area contributed by atoms with Crippen LogP contribution in [0.5, 0.6) is 0 Å². The molecule has 0 aliphatic carbocycles. The summed E-state index contributed by atoms with van der Waals surface area (Å²) in [4.78, 5) is 27.0. The third kappa shape index (κ3) is 3.51. The third-order valence-corrected chi connectivity index (χ3v) is 4.32. The standard InChI is InChI=1S/C18H15BrN2O2/c19-15-7-3-2-6-14(15)18(23)20-10-9-13-11-12-5-1-4-8-16(12)21-17(13)22/h1-8,11H,9-10H2,(H,20,23)(H,21,22). The van der Waals surface area contributed by atoms with Gasteiger partial charge >= 0.3 is 0 Å². The summed E-state index contributed by atoms with van der Waals surface area (Å²) in [5.41, 5.74) is 1.95. The predicted octanol–water partition coefficient (Wildman–Crippen LogP) is 3.26. The maximum Gasteiger partial charge on any atom is 0.252 e. The highest BCUT2D eigenvalue weighted by molar-refractivity contribution is 9.10. The summed E-state index contributed by atoms with van der Waals surface area (Å²) in [5.74, 6) is -0.158. The fourth-order valence-electron chi connectivity index (χ4n) is 2.43. The number of pyridine rings is 1. The number of para-hydroxylation sites is 1. The topological polar surface area (TPSA) is 62.0 Å². The normalized spacial score (nSPS) is 10.7. The van der Waals surface area contributed by atoms with Crippen molar-refractivity contribution in [2.24, 2.45) is 0 Å². The van der Waals surface area contributed by atoms with Gasteiger partial charge in [-0.25, -0.2) is 0 Å². The van der Waals surface area contributed by atoms with Gasteiger partial charge in [-0.2, -0.15) is 0 Å². The van der Waals surface area contributed by atoms with Crippen molar-refractivity contribution in [3.8, 4) is 0 Å². The molecule has 0 spiro atoms. The number of benzene rings is 2. The first kappa shape index (κ1) is 15.5. The molecule has 3 rings (SSSR count). The van der Waals surface area contributed by atoms with E-state index in [9.17, 15) is 9.59 Å². The first-order chi connectivity index (χ1) is 11.1. The Kier molecular flexibility index (Phi) is 4.57. The van der Waals surface area contributed by atoms with E-state index in [1.807, 2.05) is 48.5 Å². The molecule has 0 atom stereocenters. The molecule has 3 aromatic rings. The number of rotatable bonds is 4. The third-order valence-electron chi connectivity index (χ3n) is 3.63. The van der Waals surface area contributed by atoms with E-state index in [0.717, 1.165) is 15.4 Å². The molecule has 1 heterocycles. The highest BCUT2D eigenvalue weighted by atomic mass is 79.9. The fourth-order valence-corrected chi connectivity index (χ4v) is 2.89. The molecule has 5 heteroatoms. The van der Waals surface area contributed by atoms with E-state index in [1.54, 1.807) is 6.07 Å². The van der Waals surface area contributed by atoms with Gasteiger partial charge in [0, 0.05) is 22.1 Å². The number of H-pyrrole nitrogens is 1. The predicted molar refractivity (Wildman–Crippen MR) is 94.7 cm³/mol. The van der Waals surface area contributed by atoms with Crippen LogP contribution < -0.4 is 10.9 Å². The van der Waals surface area contributed by atoms with Gasteiger partial charge in [-0.3, -0.25) is 9.59 Å². The average Bonchev–Trinajstić information content (AvgIpc) is 2.55. The quantitative estimate of drug-likeness (QED) is 0.740. The van der Waals surface area contributed by atoms with Crippen LogP contribution >= 0.6 is 15.9 Å². The zero-order valence-electron chi connectivity index (χ0n) is 12.3. The molecule has 0 bridgehead atoms. The van der Waals surface area contributed by atoms with Gasteiger partial charge in [0.25, 0.3) is 11.5 Å². The highest BCUT2D eigenvalue weighted by Gasteiger charge is 2.09. The van der Waals surface area contributed by atoms with E-state index in [0.29, 0.717) is 24.1 Å². The average molecular weight is 371 g/mol. The number of aromatic amines is 1. The van der Waals surface area contributed by atoms with Crippen molar-refractivity contribution in [3.63, 3.8) is 0 Å². The van der Waals surface area contributed by atoms with Crippen molar-refractivity contribution in [3.05, 3.63) is 80.6 Å². The molecule has 0 aliphatic heterocycles. The first-order valence-electron chi connectivity index (χ1n) is 7.29. The van der Waals surface area contributed by atoms with E-state index < -0.39 is 0 Å². The van der Waals surface area contributed by atoms with E-state index in [4.69, 9.17) is 0 Å². The molecule has 0 radical (unpaired) electrons. The Hall–Kier alpha value is -2.40. The monoisotopic (exact) mass is 370 g/mol. The SMILES string of the molecule is O=C(NCCc1cc2ccccc2[nH]c1=O)c1ccccc1Br. The molecule has 0 unspecified atom stereocenters. The first-order valence-corrected chi connectivity index (χ1v) is 8.08. The molecule has 116 valence electrons. The van der Waals surface area contributed by atoms with Crippen LogP contribution in [-0.4, -0.2) is 17.4 Å². The van der Waals surface area contributed by atoms with Crippen LogP contribution in [0.4, 0.5) is 0 Å². The summed E-state index contributed by atoms with van der Waals surface area (Å²) in [6, 6.07) is 16.8. The molecular formula is C18H15BrN2O2. The van der Waals surface area contributed by atoms with Crippen LogP contribution in [-0.2, 0) is 6.42 Å². The fraction of sp³-hybridized carbons (Fsp3) is 0.111. The van der Waals surface area contributed by atoms with E-state index in [-0.39, 0.29) is 11.5 Å². The van der Waals surface area contributed by atoms with Gasteiger partial charge in [0.2, 0.25) is 0 Å². The number of hydrogen-bond donors (Lipinski definition) is 2. The molecule has 1 amide bonds. The van der Waals surface area contributed by atoms with Gasteiger partial charge < -0.3 is 10.3 Å². The second kappa shape index (κ2) is 6.79. The zero-order valence-corrected chi connectivity index (χ0v) is 13.9. The molecule has 4 nitrogen and oxygen atoms in total. The molecule has 2 aromatic carbocycles. The lowest BCUT2D eigenvalue weighted by molar-refractivity contribution is 0.0953. The van der Waals surface area contributed by atoms with Gasteiger partial charge in [0.15, 0.2) is 0 Å². The van der Waals surface area contributed by atoms with Crippen molar-refractivity contribution >= 4 is 32.7 Å². The number of amides is 1. The minimum absolute atomic E-state index is 0.112. The minimum Gasteiger partial charge on any atom is -0.352 e. The smallest absolute Gasteiger partial charge is 0.252 e. The molecule has 0 saturated heterocycles. The van der Waals surface area contributed by atoms with Crippen LogP contribution in [0, 0.1) is 0 Å². The maximum absolute atomic E-state index is 12.1. The van der Waals surface area contributed by atoms with Gasteiger partial charge in [-0.1, -0.05) is 30.3 Å². The second-order valence-electron chi connectivity index (χ2n) is 5.20. The largest absolute Gasteiger partial charge is 0.352 e. The van der Waals surface area contributed by atoms with Crippen LogP contribution in [0.25, 0.3) is 10.9 Å². The van der Waals surface area contributed by atoms with Crippen LogP contribution in [0.1, 0.15) is 15.9 Å². The van der Waals surface area contributed by atoms with Gasteiger partial charge in [0.1, 0.15) is 0 Å². The number of hydrogen-bond acceptors (Lipinski definition) is 2. The minimum atomic E-state index is -0.158. The number of carbonyl (C=O) groups is 1. The zero-order chi connectivity index (χ0) is 16.2. The summed E-state index contributed by atoms with van der Waals surface area (Å²) in [7, 11) is 0. The lowest BCUT2D eigenvalue weighted by Gasteiger charge is -2.07. The van der Waals surface area contributed by atoms with Crippen molar-refractivity contribution < 1.29 is 4.79 Å². The molecule has 0 aliphatic rings. The Morgan fingerprint density at radius 2 is 1.83 bits per heavy atom. The Balaban J connectivity index is 1.69. The lowest BCUT2D eigenvalue weighted by atomic mass is 10.1. The van der Waals surface area contributed by atoms with Crippen LogP contribution in [0.3, 0.4) is 0 Å². The summed E-state index contributed by atoms with van der Waals surface area (Å²) in [6.45, 7) is 0.404. The summed E-state index contributed by atoms with van der Waals surface area (Å²) in [6.07, 6.45) is 0.483. The number of nitrogens with one attached hydrogen (secondary N) is 2. The molecule has 23 heavy (non-hydrogen) atoms. The molecular weight excluding hydrogens is 356 g/mol. The number of carbonyl (C=O) groups excluding carboxylic acids is 1. The van der Waals surface area contributed by atoms with E-state index >= 15 is 0 Å². The van der Waals surface area contributed by atoms with Crippen molar-refractivity contribution in [2.45, 2.75) is 6.42 Å². The summed E-state index contributed by atoms with van der Waals surface area (Å²) >= 11 is 3.36. The molecule has 0 saturated carbocycles. The van der Waals surface area contributed by atoms with Gasteiger partial charge in [-0.15, -0.1) is 0 Å². The van der Waals surface area contributed by atoms with E-state index in [1.165, 1.54) is 0 Å². The van der Waals surface area contributed by atoms with Crippen LogP contribution in [0.2, 0.25) is 0 Å². The number of halogens is 1. The maximum atomic E-state index is 12.1. The van der Waals surface area contributed by atoms with Crippen LogP contribution in [0.15, 0.2) is 63.9 Å². The summed E-state index contributed by atoms with van der Waals surface area (Å²) in [5, 5.41) is 3.83. The molecule has 2 N–H and O–H groups in total. The van der Waals surface area contributed by atoms with Gasteiger partial charge in [0.05, 0.1) is 5.56 Å². The van der Waals surface area contributed by atoms with Crippen molar-refractivity contribution in [1.82, 2.24) is 10.3 Å².